The van der Waals surface area contributed by atoms with E-state index in [0.29, 0.717) is 18.0 Å². The smallest absolute Gasteiger partial charge is 0.241 e. The maximum Gasteiger partial charge on any atom is 0.241 e. The van der Waals surface area contributed by atoms with E-state index in [9.17, 15) is 9.59 Å². The highest BCUT2D eigenvalue weighted by atomic mass is 16.2. The van der Waals surface area contributed by atoms with Crippen LogP contribution in [-0.4, -0.2) is 41.7 Å². The van der Waals surface area contributed by atoms with E-state index in [2.05, 4.69) is 21.0 Å². The number of hydrogen-bond donors (Lipinski definition) is 3. The number of hydrogen-bond acceptors (Lipinski definition) is 4. The Bertz CT molecular complexity index is 479. The van der Waals surface area contributed by atoms with Crippen LogP contribution in [0.25, 0.3) is 0 Å². The number of carbonyl (C=O) groups is 2. The van der Waals surface area contributed by atoms with Gasteiger partial charge in [0.25, 0.3) is 0 Å². The number of carbonyl (C=O) groups excluding carboxylic acids is 2. The SMILES string of the molecule is CNC(=O)Cn1cc(NC(=O)CCC2CCNCC2)cn1. The number of nitrogens with one attached hydrogen (secondary N) is 3. The first-order chi connectivity index (χ1) is 10.2. The van der Waals surface area contributed by atoms with Gasteiger partial charge in [-0.3, -0.25) is 14.3 Å². The van der Waals surface area contributed by atoms with Gasteiger partial charge in [-0.1, -0.05) is 0 Å². The molecular formula is C14H23N5O2. The van der Waals surface area contributed by atoms with E-state index in [-0.39, 0.29) is 18.4 Å². The van der Waals surface area contributed by atoms with E-state index in [1.165, 1.54) is 4.68 Å². The van der Waals surface area contributed by atoms with E-state index >= 15 is 0 Å². The van der Waals surface area contributed by atoms with Crippen molar-refractivity contribution >= 4 is 17.5 Å². The van der Waals surface area contributed by atoms with Crippen molar-refractivity contribution < 1.29 is 9.59 Å². The highest BCUT2D eigenvalue weighted by molar-refractivity contribution is 5.90. The lowest BCUT2D eigenvalue weighted by Crippen LogP contribution is -2.28. The summed E-state index contributed by atoms with van der Waals surface area (Å²) in [5, 5.41) is 12.7. The van der Waals surface area contributed by atoms with Gasteiger partial charge in [0, 0.05) is 19.7 Å². The molecule has 0 spiro atoms. The zero-order chi connectivity index (χ0) is 15.1. The normalized spacial score (nSPS) is 15.7. The maximum atomic E-state index is 11.9. The van der Waals surface area contributed by atoms with E-state index in [1.807, 2.05) is 0 Å². The Labute approximate surface area is 124 Å². The summed E-state index contributed by atoms with van der Waals surface area (Å²) in [6.07, 6.45) is 6.99. The summed E-state index contributed by atoms with van der Waals surface area (Å²) in [4.78, 5) is 23.1. The molecule has 1 saturated heterocycles. The fraction of sp³-hybridized carbons (Fsp3) is 0.643. The highest BCUT2D eigenvalue weighted by Gasteiger charge is 2.14. The highest BCUT2D eigenvalue weighted by Crippen LogP contribution is 2.18. The van der Waals surface area contributed by atoms with Gasteiger partial charge in [0.05, 0.1) is 11.9 Å². The summed E-state index contributed by atoms with van der Waals surface area (Å²) in [5.74, 6) is 0.530. The topological polar surface area (TPSA) is 88.0 Å². The lowest BCUT2D eigenvalue weighted by molar-refractivity contribution is -0.121. The molecule has 7 nitrogen and oxygen atoms in total. The molecule has 0 saturated carbocycles. The van der Waals surface area contributed by atoms with Crippen LogP contribution in [0.5, 0.6) is 0 Å². The largest absolute Gasteiger partial charge is 0.358 e. The molecule has 7 heteroatoms. The second-order valence-electron chi connectivity index (χ2n) is 5.38. The predicted octanol–water partition coefficient (Wildman–Crippen LogP) is 0.347. The lowest BCUT2D eigenvalue weighted by Gasteiger charge is -2.22. The second-order valence-corrected chi connectivity index (χ2v) is 5.38. The average molecular weight is 293 g/mol. The van der Waals surface area contributed by atoms with Crippen LogP contribution in [0.3, 0.4) is 0 Å². The molecule has 0 bridgehead atoms. The van der Waals surface area contributed by atoms with Crippen LogP contribution in [0, 0.1) is 5.92 Å². The Morgan fingerprint density at radius 1 is 1.38 bits per heavy atom. The third kappa shape index (κ3) is 5.18. The minimum absolute atomic E-state index is 0.00743. The predicted molar refractivity (Wildman–Crippen MR) is 79.8 cm³/mol. The van der Waals surface area contributed by atoms with Crippen molar-refractivity contribution in [1.29, 1.82) is 0 Å². The number of nitrogens with zero attached hydrogens (tertiary/aromatic N) is 2. The molecule has 2 amide bonds. The molecule has 2 rings (SSSR count). The molecule has 1 aromatic heterocycles. The maximum absolute atomic E-state index is 11.9. The molecule has 0 atom stereocenters. The Morgan fingerprint density at radius 2 is 2.14 bits per heavy atom. The first-order valence-electron chi connectivity index (χ1n) is 7.41. The van der Waals surface area contributed by atoms with Gasteiger partial charge < -0.3 is 16.0 Å². The molecule has 1 aliphatic rings. The number of anilines is 1. The van der Waals surface area contributed by atoms with Crippen LogP contribution < -0.4 is 16.0 Å². The summed E-state index contributed by atoms with van der Waals surface area (Å²) in [6.45, 7) is 2.26. The van der Waals surface area contributed by atoms with Crippen molar-refractivity contribution in [2.45, 2.75) is 32.2 Å². The van der Waals surface area contributed by atoms with Gasteiger partial charge in [-0.15, -0.1) is 0 Å². The molecule has 1 fully saturated rings. The number of aromatic nitrogens is 2. The number of piperidine rings is 1. The van der Waals surface area contributed by atoms with Crippen LogP contribution in [0.1, 0.15) is 25.7 Å². The van der Waals surface area contributed by atoms with Crippen LogP contribution in [0.4, 0.5) is 5.69 Å². The third-order valence-electron chi connectivity index (χ3n) is 3.74. The third-order valence-corrected chi connectivity index (χ3v) is 3.74. The zero-order valence-corrected chi connectivity index (χ0v) is 12.4. The fourth-order valence-corrected chi connectivity index (χ4v) is 2.47. The van der Waals surface area contributed by atoms with Crippen molar-refractivity contribution in [3.8, 4) is 0 Å². The minimum Gasteiger partial charge on any atom is -0.358 e. The van der Waals surface area contributed by atoms with Crippen molar-refractivity contribution in [1.82, 2.24) is 20.4 Å². The molecule has 0 unspecified atom stereocenters. The molecule has 0 radical (unpaired) electrons. The van der Waals surface area contributed by atoms with Gasteiger partial charge in [0.1, 0.15) is 6.54 Å². The van der Waals surface area contributed by atoms with Crippen LogP contribution in [-0.2, 0) is 16.1 Å². The Balaban J connectivity index is 1.73. The minimum atomic E-state index is -0.123. The fourth-order valence-electron chi connectivity index (χ4n) is 2.47. The number of rotatable bonds is 6. The standard InChI is InChI=1S/C14H23N5O2/c1-15-14(21)10-19-9-12(8-17-19)18-13(20)3-2-11-4-6-16-7-5-11/h8-9,11,16H,2-7,10H2,1H3,(H,15,21)(H,18,20). The van der Waals surface area contributed by atoms with E-state index in [4.69, 9.17) is 0 Å². The molecule has 3 N–H and O–H groups in total. The van der Waals surface area contributed by atoms with Crippen LogP contribution in [0.2, 0.25) is 0 Å². The molecule has 0 aliphatic carbocycles. The average Bonchev–Trinajstić information content (AvgIpc) is 2.93. The van der Waals surface area contributed by atoms with Crippen LogP contribution in [0.15, 0.2) is 12.4 Å². The van der Waals surface area contributed by atoms with Gasteiger partial charge in [0.15, 0.2) is 0 Å². The molecule has 0 aromatic carbocycles. The van der Waals surface area contributed by atoms with Gasteiger partial charge in [-0.2, -0.15) is 5.10 Å². The number of likely N-dealkylation sites (N-methyl/N-ethyl adjacent to an activating group) is 1. The Kier molecular flexibility index (Phi) is 5.74. The summed E-state index contributed by atoms with van der Waals surface area (Å²) in [6, 6.07) is 0. The van der Waals surface area contributed by atoms with Gasteiger partial charge in [0.2, 0.25) is 11.8 Å². The van der Waals surface area contributed by atoms with Crippen molar-refractivity contribution in [2.24, 2.45) is 5.92 Å². The van der Waals surface area contributed by atoms with E-state index in [0.717, 1.165) is 32.4 Å². The van der Waals surface area contributed by atoms with Gasteiger partial charge in [-0.05, 0) is 38.3 Å². The van der Waals surface area contributed by atoms with Crippen molar-refractivity contribution in [3.63, 3.8) is 0 Å². The van der Waals surface area contributed by atoms with Crippen LogP contribution >= 0.6 is 0 Å². The molecule has 21 heavy (non-hydrogen) atoms. The number of amides is 2. The zero-order valence-electron chi connectivity index (χ0n) is 12.4. The Morgan fingerprint density at radius 3 is 2.86 bits per heavy atom. The van der Waals surface area contributed by atoms with Gasteiger partial charge >= 0.3 is 0 Å². The summed E-state index contributed by atoms with van der Waals surface area (Å²) < 4.78 is 1.50. The molecule has 116 valence electrons. The monoisotopic (exact) mass is 293 g/mol. The lowest BCUT2D eigenvalue weighted by atomic mass is 9.93. The van der Waals surface area contributed by atoms with Gasteiger partial charge in [-0.25, -0.2) is 0 Å². The molecular weight excluding hydrogens is 270 g/mol. The molecule has 1 aliphatic heterocycles. The summed E-state index contributed by atoms with van der Waals surface area (Å²) in [7, 11) is 1.58. The molecule has 2 heterocycles. The second kappa shape index (κ2) is 7.78. The van der Waals surface area contributed by atoms with E-state index in [1.54, 1.807) is 19.4 Å². The quantitative estimate of drug-likeness (QED) is 0.706. The Hall–Kier alpha value is -1.89. The molecule has 1 aromatic rings. The first kappa shape index (κ1) is 15.5. The summed E-state index contributed by atoms with van der Waals surface area (Å²) in [5.41, 5.74) is 0.634. The summed E-state index contributed by atoms with van der Waals surface area (Å²) >= 11 is 0. The van der Waals surface area contributed by atoms with E-state index < -0.39 is 0 Å². The van der Waals surface area contributed by atoms with Crippen molar-refractivity contribution in [3.05, 3.63) is 12.4 Å². The first-order valence-corrected chi connectivity index (χ1v) is 7.41. The van der Waals surface area contributed by atoms with Crippen molar-refractivity contribution in [2.75, 3.05) is 25.5 Å².